The van der Waals surface area contributed by atoms with Gasteiger partial charge in [-0.05, 0) is 30.3 Å². The number of rotatable bonds is 4. The molecule has 3 rings (SSSR count). The molecule has 0 unspecified atom stereocenters. The summed E-state index contributed by atoms with van der Waals surface area (Å²) in [5, 5.41) is -0.0702. The maximum Gasteiger partial charge on any atom is 0.417 e. The van der Waals surface area contributed by atoms with E-state index in [2.05, 4.69) is 0 Å². The van der Waals surface area contributed by atoms with Gasteiger partial charge in [-0.25, -0.2) is 8.42 Å². The summed E-state index contributed by atoms with van der Waals surface area (Å²) >= 11 is 5.78. The Kier molecular flexibility index (Phi) is 5.79. The van der Waals surface area contributed by atoms with Crippen LogP contribution in [0.15, 0.2) is 47.4 Å². The number of methoxy groups -OCH3 is 1. The zero-order valence-electron chi connectivity index (χ0n) is 14.9. The number of sulfonamides is 1. The van der Waals surface area contributed by atoms with E-state index in [1.807, 2.05) is 23.1 Å². The van der Waals surface area contributed by atoms with E-state index in [1.165, 1.54) is 7.11 Å². The highest BCUT2D eigenvalue weighted by Gasteiger charge is 2.40. The van der Waals surface area contributed by atoms with Crippen molar-refractivity contribution < 1.29 is 26.3 Å². The van der Waals surface area contributed by atoms with E-state index >= 15 is 0 Å². The summed E-state index contributed by atoms with van der Waals surface area (Å²) in [4.78, 5) is 1.12. The predicted octanol–water partition coefficient (Wildman–Crippen LogP) is 3.88. The van der Waals surface area contributed by atoms with E-state index < -0.39 is 26.7 Å². The van der Waals surface area contributed by atoms with Crippen molar-refractivity contribution >= 4 is 27.3 Å². The first-order valence-electron chi connectivity index (χ1n) is 8.39. The largest absolute Gasteiger partial charge is 0.495 e. The number of hydrogen-bond acceptors (Lipinski definition) is 4. The van der Waals surface area contributed by atoms with Crippen molar-refractivity contribution in [2.75, 3.05) is 38.2 Å². The van der Waals surface area contributed by atoms with Crippen LogP contribution in [0.5, 0.6) is 5.75 Å². The van der Waals surface area contributed by atoms with Gasteiger partial charge in [-0.2, -0.15) is 17.5 Å². The van der Waals surface area contributed by atoms with Gasteiger partial charge in [0.05, 0.1) is 23.3 Å². The molecule has 0 saturated carbocycles. The first-order valence-corrected chi connectivity index (χ1v) is 10.2. The number of hydrogen-bond donors (Lipinski definition) is 0. The average molecular weight is 435 g/mol. The second-order valence-electron chi connectivity index (χ2n) is 6.20. The monoisotopic (exact) mass is 434 g/mol. The van der Waals surface area contributed by atoms with Crippen molar-refractivity contribution in [2.45, 2.75) is 11.1 Å². The van der Waals surface area contributed by atoms with E-state index in [0.29, 0.717) is 24.9 Å². The summed E-state index contributed by atoms with van der Waals surface area (Å²) in [6.45, 7) is 0.734. The summed E-state index contributed by atoms with van der Waals surface area (Å²) < 4.78 is 72.1. The van der Waals surface area contributed by atoms with E-state index in [4.69, 9.17) is 16.3 Å². The Hall–Kier alpha value is -1.97. The Bertz CT molecular complexity index is 959. The van der Waals surface area contributed by atoms with Crippen LogP contribution in [0.3, 0.4) is 0 Å². The average Bonchev–Trinajstić information content (AvgIpc) is 2.67. The summed E-state index contributed by atoms with van der Waals surface area (Å²) in [6.07, 6.45) is -4.80. The minimum atomic E-state index is -4.80. The van der Waals surface area contributed by atoms with E-state index in [1.54, 1.807) is 6.07 Å². The molecule has 28 heavy (non-hydrogen) atoms. The van der Waals surface area contributed by atoms with Crippen LogP contribution >= 0.6 is 11.6 Å². The molecule has 0 radical (unpaired) electrons. The highest BCUT2D eigenvalue weighted by molar-refractivity contribution is 7.89. The van der Waals surface area contributed by atoms with Crippen LogP contribution in [0.25, 0.3) is 0 Å². The Labute approximate surface area is 166 Å². The summed E-state index contributed by atoms with van der Waals surface area (Å²) in [6, 6.07) is 9.88. The first-order chi connectivity index (χ1) is 13.1. The van der Waals surface area contributed by atoms with Gasteiger partial charge in [0.25, 0.3) is 0 Å². The van der Waals surface area contributed by atoms with Gasteiger partial charge >= 0.3 is 6.18 Å². The van der Waals surface area contributed by atoms with Gasteiger partial charge in [-0.1, -0.05) is 23.7 Å². The molecule has 0 amide bonds. The van der Waals surface area contributed by atoms with Crippen LogP contribution in [0, 0.1) is 0 Å². The molecule has 0 aliphatic carbocycles. The third kappa shape index (κ3) is 4.06. The van der Waals surface area contributed by atoms with Crippen molar-refractivity contribution in [3.05, 3.63) is 53.1 Å². The molecule has 0 spiro atoms. The lowest BCUT2D eigenvalue weighted by Gasteiger charge is -2.36. The number of piperazine rings is 1. The van der Waals surface area contributed by atoms with E-state index in [9.17, 15) is 21.6 Å². The third-order valence-electron chi connectivity index (χ3n) is 4.53. The fraction of sp³-hybridized carbons (Fsp3) is 0.333. The van der Waals surface area contributed by atoms with Crippen LogP contribution in [-0.2, 0) is 16.2 Å². The summed E-state index contributed by atoms with van der Waals surface area (Å²) in [5.74, 6) is 0.646. The van der Waals surface area contributed by atoms with Gasteiger partial charge < -0.3 is 9.64 Å². The number of benzene rings is 2. The number of ether oxygens (including phenoxy) is 1. The van der Waals surface area contributed by atoms with Crippen LogP contribution in [0.2, 0.25) is 5.02 Å². The van der Waals surface area contributed by atoms with E-state index in [-0.39, 0.29) is 18.1 Å². The molecule has 152 valence electrons. The van der Waals surface area contributed by atoms with E-state index in [0.717, 1.165) is 22.1 Å². The van der Waals surface area contributed by atoms with Gasteiger partial charge in [-0.15, -0.1) is 0 Å². The molecule has 1 saturated heterocycles. The molecular formula is C18H18ClF3N2O3S. The maximum absolute atomic E-state index is 13.3. The fourth-order valence-electron chi connectivity index (χ4n) is 3.14. The van der Waals surface area contributed by atoms with Crippen molar-refractivity contribution in [1.82, 2.24) is 4.31 Å². The fourth-order valence-corrected chi connectivity index (χ4v) is 5.04. The molecule has 0 atom stereocenters. The Morgan fingerprint density at radius 2 is 1.68 bits per heavy atom. The molecule has 5 nitrogen and oxygen atoms in total. The number of alkyl halides is 3. The molecule has 10 heteroatoms. The van der Waals surface area contributed by atoms with Crippen LogP contribution < -0.4 is 9.64 Å². The highest BCUT2D eigenvalue weighted by atomic mass is 35.5. The molecule has 1 fully saturated rings. The second kappa shape index (κ2) is 7.81. The molecule has 1 aliphatic heterocycles. The molecule has 0 aromatic heterocycles. The van der Waals surface area contributed by atoms with Crippen molar-refractivity contribution in [3.63, 3.8) is 0 Å². The normalized spacial score (nSPS) is 16.2. The summed E-state index contributed by atoms with van der Waals surface area (Å²) in [5.41, 5.74) is -0.412. The lowest BCUT2D eigenvalue weighted by Crippen LogP contribution is -2.49. The predicted molar refractivity (Wildman–Crippen MR) is 100 cm³/mol. The SMILES string of the molecule is COc1ccccc1N1CCN(S(=O)(=O)c2cc(Cl)ccc2C(F)(F)F)CC1. The standard InChI is InChI=1S/C18H18ClF3N2O3S/c1-27-16-5-3-2-4-15(16)23-8-10-24(11-9-23)28(25,26)17-12-13(19)6-7-14(17)18(20,21)22/h2-7,12H,8-11H2,1H3. The molecule has 1 heterocycles. The number of nitrogens with zero attached hydrogens (tertiary/aromatic N) is 2. The molecule has 0 N–H and O–H groups in total. The first kappa shape index (κ1) is 20.8. The quantitative estimate of drug-likeness (QED) is 0.732. The van der Waals surface area contributed by atoms with Crippen molar-refractivity contribution in [3.8, 4) is 5.75 Å². The number of halogens is 4. The van der Waals surface area contributed by atoms with Gasteiger partial charge in [0, 0.05) is 31.2 Å². The third-order valence-corrected chi connectivity index (χ3v) is 6.71. The zero-order valence-corrected chi connectivity index (χ0v) is 16.5. The minimum Gasteiger partial charge on any atom is -0.495 e. The minimum absolute atomic E-state index is 0.0458. The maximum atomic E-state index is 13.3. The molecule has 0 bridgehead atoms. The van der Waals surface area contributed by atoms with Gasteiger partial charge in [0.15, 0.2) is 0 Å². The van der Waals surface area contributed by atoms with Gasteiger partial charge in [0.2, 0.25) is 10.0 Å². The Morgan fingerprint density at radius 1 is 1.04 bits per heavy atom. The molecule has 1 aliphatic rings. The molecule has 2 aromatic rings. The topological polar surface area (TPSA) is 49.9 Å². The molecule has 2 aromatic carbocycles. The Balaban J connectivity index is 1.86. The van der Waals surface area contributed by atoms with Crippen LogP contribution in [0.1, 0.15) is 5.56 Å². The highest BCUT2D eigenvalue weighted by Crippen LogP contribution is 2.37. The smallest absolute Gasteiger partial charge is 0.417 e. The van der Waals surface area contributed by atoms with Gasteiger partial charge in [0.1, 0.15) is 5.75 Å². The van der Waals surface area contributed by atoms with Crippen LogP contribution in [0.4, 0.5) is 18.9 Å². The zero-order chi connectivity index (χ0) is 20.5. The van der Waals surface area contributed by atoms with Crippen molar-refractivity contribution in [1.29, 1.82) is 0 Å². The Morgan fingerprint density at radius 3 is 2.29 bits per heavy atom. The molecular weight excluding hydrogens is 417 g/mol. The number of para-hydroxylation sites is 2. The lowest BCUT2D eigenvalue weighted by molar-refractivity contribution is -0.139. The summed E-state index contributed by atoms with van der Waals surface area (Å²) in [7, 11) is -2.81. The number of anilines is 1. The van der Waals surface area contributed by atoms with Crippen molar-refractivity contribution in [2.24, 2.45) is 0 Å². The van der Waals surface area contributed by atoms with Crippen LogP contribution in [-0.4, -0.2) is 46.0 Å². The second-order valence-corrected chi connectivity index (χ2v) is 8.54. The van der Waals surface area contributed by atoms with Gasteiger partial charge in [-0.3, -0.25) is 0 Å². The lowest BCUT2D eigenvalue weighted by atomic mass is 10.2.